The minimum absolute atomic E-state index is 0.509. The second-order valence-electron chi connectivity index (χ2n) is 13.6. The predicted molar refractivity (Wildman–Crippen MR) is 201 cm³/mol. The molecule has 2 heteroatoms. The number of aromatic nitrogens is 1. The summed E-state index contributed by atoms with van der Waals surface area (Å²) in [6.07, 6.45) is 1.01. The van der Waals surface area contributed by atoms with Gasteiger partial charge in [0.05, 0.1) is 11.0 Å². The first-order chi connectivity index (χ1) is 23.6. The van der Waals surface area contributed by atoms with E-state index in [0.717, 1.165) is 28.4 Å². The Balaban J connectivity index is 1.09. The second-order valence-corrected chi connectivity index (χ2v) is 13.6. The molecule has 0 fully saturated rings. The van der Waals surface area contributed by atoms with Crippen LogP contribution in [0.4, 0.5) is 0 Å². The van der Waals surface area contributed by atoms with Crippen LogP contribution in [0.15, 0.2) is 150 Å². The van der Waals surface area contributed by atoms with Crippen LogP contribution in [0.25, 0.3) is 82.8 Å². The predicted octanol–water partition coefficient (Wildman–Crippen LogP) is 12.7. The molecular formula is C46H33NO. The van der Waals surface area contributed by atoms with Crippen molar-refractivity contribution in [2.45, 2.75) is 26.2 Å². The Morgan fingerprint density at radius 1 is 0.479 bits per heavy atom. The Morgan fingerprint density at radius 2 is 1.12 bits per heavy atom. The van der Waals surface area contributed by atoms with Gasteiger partial charge in [0.25, 0.3) is 0 Å². The highest BCUT2D eigenvalue weighted by Gasteiger charge is 2.21. The number of fused-ring (bicyclic) bond motifs is 9. The lowest BCUT2D eigenvalue weighted by atomic mass is 9.97. The SMILES string of the molecule is CC(C)c1ccc2c(c1)-c1cc(-n3c4ccccc4c4cc(-c5cccc(-c6ccc7oc8ccccc8c7c6)c5)ccc43)ccc1C2. The van der Waals surface area contributed by atoms with Crippen molar-refractivity contribution in [3.05, 3.63) is 162 Å². The van der Waals surface area contributed by atoms with E-state index >= 15 is 0 Å². The Kier molecular flexibility index (Phi) is 5.86. The molecule has 0 saturated heterocycles. The maximum atomic E-state index is 6.09. The molecule has 9 aromatic rings. The third-order valence-corrected chi connectivity index (χ3v) is 10.4. The highest BCUT2D eigenvalue weighted by atomic mass is 16.3. The smallest absolute Gasteiger partial charge is 0.135 e. The Hall–Kier alpha value is -5.86. The van der Waals surface area contributed by atoms with Crippen molar-refractivity contribution < 1.29 is 4.42 Å². The van der Waals surface area contributed by atoms with Crippen molar-refractivity contribution in [3.63, 3.8) is 0 Å². The largest absolute Gasteiger partial charge is 0.456 e. The van der Waals surface area contributed by atoms with Crippen molar-refractivity contribution in [3.8, 4) is 39.1 Å². The Morgan fingerprint density at radius 3 is 1.96 bits per heavy atom. The zero-order valence-electron chi connectivity index (χ0n) is 27.0. The van der Waals surface area contributed by atoms with Crippen LogP contribution >= 0.6 is 0 Å². The van der Waals surface area contributed by atoms with Crippen LogP contribution in [0.5, 0.6) is 0 Å². The van der Waals surface area contributed by atoms with Crippen LogP contribution in [0.1, 0.15) is 36.5 Å². The number of para-hydroxylation sites is 2. The van der Waals surface area contributed by atoms with Gasteiger partial charge in [-0.3, -0.25) is 0 Å². The summed E-state index contributed by atoms with van der Waals surface area (Å²) in [5.41, 5.74) is 17.3. The van der Waals surface area contributed by atoms with Gasteiger partial charge in [0, 0.05) is 27.2 Å². The van der Waals surface area contributed by atoms with E-state index in [1.807, 2.05) is 12.1 Å². The van der Waals surface area contributed by atoms with Crippen LogP contribution in [0.3, 0.4) is 0 Å². The van der Waals surface area contributed by atoms with Gasteiger partial charge < -0.3 is 8.98 Å². The topological polar surface area (TPSA) is 18.1 Å². The van der Waals surface area contributed by atoms with Gasteiger partial charge in [-0.25, -0.2) is 0 Å². The minimum atomic E-state index is 0.509. The van der Waals surface area contributed by atoms with Gasteiger partial charge >= 0.3 is 0 Å². The lowest BCUT2D eigenvalue weighted by Gasteiger charge is -2.12. The molecule has 2 heterocycles. The van der Waals surface area contributed by atoms with E-state index in [9.17, 15) is 0 Å². The van der Waals surface area contributed by atoms with E-state index in [1.165, 1.54) is 77.6 Å². The molecule has 0 atom stereocenters. The first-order valence-electron chi connectivity index (χ1n) is 16.9. The molecule has 0 bridgehead atoms. The molecule has 0 unspecified atom stereocenters. The lowest BCUT2D eigenvalue weighted by molar-refractivity contribution is 0.669. The molecule has 0 amide bonds. The Bertz CT molecular complexity index is 2740. The summed E-state index contributed by atoms with van der Waals surface area (Å²) in [5.74, 6) is 0.509. The normalized spacial score (nSPS) is 12.5. The van der Waals surface area contributed by atoms with Gasteiger partial charge in [-0.1, -0.05) is 105 Å². The quantitative estimate of drug-likeness (QED) is 0.193. The molecule has 10 rings (SSSR count). The van der Waals surface area contributed by atoms with Crippen molar-refractivity contribution in [1.29, 1.82) is 0 Å². The summed E-state index contributed by atoms with van der Waals surface area (Å²) in [4.78, 5) is 0. The second kappa shape index (κ2) is 10.3. The molecule has 0 spiro atoms. The van der Waals surface area contributed by atoms with Gasteiger partial charge in [0.1, 0.15) is 11.2 Å². The average Bonchev–Trinajstić information content (AvgIpc) is 3.80. The third-order valence-electron chi connectivity index (χ3n) is 10.4. The maximum Gasteiger partial charge on any atom is 0.135 e. The fourth-order valence-electron chi connectivity index (χ4n) is 7.89. The molecule has 0 saturated carbocycles. The molecular weight excluding hydrogens is 583 g/mol. The molecule has 1 aliphatic carbocycles. The molecule has 0 radical (unpaired) electrons. The number of hydrogen-bond donors (Lipinski definition) is 0. The van der Waals surface area contributed by atoms with Crippen molar-refractivity contribution >= 4 is 43.7 Å². The number of hydrogen-bond acceptors (Lipinski definition) is 1. The maximum absolute atomic E-state index is 6.09. The third kappa shape index (κ3) is 4.12. The fourth-order valence-corrected chi connectivity index (χ4v) is 7.89. The van der Waals surface area contributed by atoms with Crippen molar-refractivity contribution in [2.75, 3.05) is 0 Å². The standard InChI is InChI=1S/C46H33NO/c1-28(2)29-14-15-34-23-35-16-19-36(27-40(35)39(34)24-29)47-43-12-5-3-10-37(43)41-25-32(17-20-44(41)47)30-8-7-9-31(22-30)33-18-21-46-42(26-33)38-11-4-6-13-45(38)48-46/h3-22,24-28H,23H2,1-2H3. The molecule has 48 heavy (non-hydrogen) atoms. The molecule has 0 aliphatic heterocycles. The molecule has 228 valence electrons. The summed E-state index contributed by atoms with van der Waals surface area (Å²) in [5, 5.41) is 4.84. The van der Waals surface area contributed by atoms with E-state index in [0.29, 0.717) is 5.92 Å². The number of nitrogens with zero attached hydrogens (tertiary/aromatic N) is 1. The van der Waals surface area contributed by atoms with Crippen LogP contribution in [0, 0.1) is 0 Å². The van der Waals surface area contributed by atoms with Crippen LogP contribution < -0.4 is 0 Å². The lowest BCUT2D eigenvalue weighted by Crippen LogP contribution is -1.95. The minimum Gasteiger partial charge on any atom is -0.456 e. The van der Waals surface area contributed by atoms with Gasteiger partial charge in [0.15, 0.2) is 0 Å². The molecule has 2 aromatic heterocycles. The number of benzene rings is 7. The van der Waals surface area contributed by atoms with Gasteiger partial charge in [-0.15, -0.1) is 0 Å². The molecule has 1 aliphatic rings. The molecule has 0 N–H and O–H groups in total. The zero-order chi connectivity index (χ0) is 31.9. The fraction of sp³-hybridized carbons (Fsp3) is 0.0870. The Labute approximate surface area is 279 Å². The van der Waals surface area contributed by atoms with E-state index in [-0.39, 0.29) is 0 Å². The van der Waals surface area contributed by atoms with Gasteiger partial charge in [-0.05, 0) is 117 Å². The first kappa shape index (κ1) is 27.3. The summed E-state index contributed by atoms with van der Waals surface area (Å²) in [6.45, 7) is 4.55. The number of rotatable bonds is 4. The van der Waals surface area contributed by atoms with Crippen LogP contribution in [0.2, 0.25) is 0 Å². The van der Waals surface area contributed by atoms with Gasteiger partial charge in [-0.2, -0.15) is 0 Å². The first-order valence-corrected chi connectivity index (χ1v) is 16.9. The van der Waals surface area contributed by atoms with Crippen molar-refractivity contribution in [2.24, 2.45) is 0 Å². The zero-order valence-corrected chi connectivity index (χ0v) is 27.0. The molecule has 7 aromatic carbocycles. The highest BCUT2D eigenvalue weighted by Crippen LogP contribution is 2.42. The highest BCUT2D eigenvalue weighted by molar-refractivity contribution is 6.11. The van der Waals surface area contributed by atoms with E-state index in [1.54, 1.807) is 0 Å². The van der Waals surface area contributed by atoms with Gasteiger partial charge in [0.2, 0.25) is 0 Å². The van der Waals surface area contributed by atoms with E-state index in [2.05, 4.69) is 152 Å². The molecule has 2 nitrogen and oxygen atoms in total. The van der Waals surface area contributed by atoms with Crippen LogP contribution in [-0.4, -0.2) is 4.57 Å². The van der Waals surface area contributed by atoms with E-state index in [4.69, 9.17) is 4.42 Å². The number of furan rings is 1. The monoisotopic (exact) mass is 615 g/mol. The van der Waals surface area contributed by atoms with Crippen LogP contribution in [-0.2, 0) is 6.42 Å². The summed E-state index contributed by atoms with van der Waals surface area (Å²) in [6, 6.07) is 53.6. The summed E-state index contributed by atoms with van der Waals surface area (Å²) in [7, 11) is 0. The van der Waals surface area contributed by atoms with E-state index < -0.39 is 0 Å². The average molecular weight is 616 g/mol. The summed E-state index contributed by atoms with van der Waals surface area (Å²) >= 11 is 0. The summed E-state index contributed by atoms with van der Waals surface area (Å²) < 4.78 is 8.54. The van der Waals surface area contributed by atoms with Crippen molar-refractivity contribution in [1.82, 2.24) is 4.57 Å².